The Morgan fingerprint density at radius 2 is 1.52 bits per heavy atom. The quantitative estimate of drug-likeness (QED) is 0.132. The number of halogens is 2. The van der Waals surface area contributed by atoms with E-state index < -0.39 is 30.1 Å². The van der Waals surface area contributed by atoms with Gasteiger partial charge in [0.1, 0.15) is 11.5 Å². The van der Waals surface area contributed by atoms with Crippen molar-refractivity contribution in [3.8, 4) is 0 Å². The number of alkyl halides is 2. The second kappa shape index (κ2) is 13.6. The van der Waals surface area contributed by atoms with Crippen LogP contribution in [0.5, 0.6) is 0 Å². The predicted octanol–water partition coefficient (Wildman–Crippen LogP) is 5.85. The normalized spacial score (nSPS) is 11.6. The van der Waals surface area contributed by atoms with Crippen molar-refractivity contribution in [1.29, 1.82) is 0 Å². The SMILES string of the molecule is C=C(O/C(=C(\C)C(=O)NCc1ccccc1C(F)(F)P)c1ccc(NC(=O)COC(C)=O)cc1)c1ccccc1. The minimum atomic E-state index is -3.15. The van der Waals surface area contributed by atoms with Crippen molar-refractivity contribution >= 4 is 44.2 Å². The molecule has 0 aliphatic heterocycles. The molecule has 3 aromatic carbocycles. The van der Waals surface area contributed by atoms with Crippen LogP contribution in [0.4, 0.5) is 14.5 Å². The summed E-state index contributed by atoms with van der Waals surface area (Å²) < 4.78 is 38.8. The summed E-state index contributed by atoms with van der Waals surface area (Å²) >= 11 is 0. The van der Waals surface area contributed by atoms with Gasteiger partial charge >= 0.3 is 5.97 Å². The van der Waals surface area contributed by atoms with Crippen molar-refractivity contribution in [2.24, 2.45) is 0 Å². The summed E-state index contributed by atoms with van der Waals surface area (Å²) in [5, 5.41) is 5.29. The maximum absolute atomic E-state index is 14.0. The molecule has 10 heteroatoms. The van der Waals surface area contributed by atoms with E-state index in [0.29, 0.717) is 16.8 Å². The summed E-state index contributed by atoms with van der Waals surface area (Å²) in [6.07, 6.45) is 0. The number of hydrogen-bond donors (Lipinski definition) is 2. The lowest BCUT2D eigenvalue weighted by molar-refractivity contribution is -0.144. The summed E-state index contributed by atoms with van der Waals surface area (Å²) in [5.74, 6) is -1.14. The zero-order valence-corrected chi connectivity index (χ0v) is 23.2. The van der Waals surface area contributed by atoms with Crippen molar-refractivity contribution in [2.75, 3.05) is 11.9 Å². The van der Waals surface area contributed by atoms with E-state index in [4.69, 9.17) is 4.74 Å². The van der Waals surface area contributed by atoms with Crippen LogP contribution in [0.3, 0.4) is 0 Å². The summed E-state index contributed by atoms with van der Waals surface area (Å²) in [6, 6.07) is 21.5. The summed E-state index contributed by atoms with van der Waals surface area (Å²) in [6.45, 7) is 6.18. The fourth-order valence-electron chi connectivity index (χ4n) is 3.64. The highest BCUT2D eigenvalue weighted by Crippen LogP contribution is 2.36. The van der Waals surface area contributed by atoms with E-state index in [1.807, 2.05) is 18.2 Å². The van der Waals surface area contributed by atoms with Gasteiger partial charge in [-0.05, 0) is 36.8 Å². The Labute approximate surface area is 233 Å². The molecule has 0 aliphatic rings. The van der Waals surface area contributed by atoms with Gasteiger partial charge < -0.3 is 20.1 Å². The van der Waals surface area contributed by atoms with Crippen molar-refractivity contribution in [3.05, 3.63) is 113 Å². The summed E-state index contributed by atoms with van der Waals surface area (Å²) in [7, 11) is 1.51. The van der Waals surface area contributed by atoms with Crippen LogP contribution in [-0.2, 0) is 36.1 Å². The standard InChI is InChI=1S/C30H29F2N2O5P/c1-19(29(37)33-17-24-11-7-8-12-26(24)30(31,32)40)28(39-20(2)22-9-5-4-6-10-22)23-13-15-25(16-14-23)34-27(36)18-38-21(3)35/h4-16H,2,17-18,40H2,1,3H3,(H,33,37)(H,34,36)/b28-19+. The van der Waals surface area contributed by atoms with Gasteiger partial charge in [0.2, 0.25) is 0 Å². The zero-order valence-electron chi connectivity index (χ0n) is 22.0. The third-order valence-corrected chi connectivity index (χ3v) is 5.97. The molecule has 208 valence electrons. The molecule has 7 nitrogen and oxygen atoms in total. The molecule has 0 aromatic heterocycles. The molecule has 0 aliphatic carbocycles. The molecule has 0 saturated heterocycles. The molecule has 3 rings (SSSR count). The lowest BCUT2D eigenvalue weighted by atomic mass is 10.1. The van der Waals surface area contributed by atoms with Crippen LogP contribution >= 0.6 is 9.24 Å². The van der Waals surface area contributed by atoms with Crippen LogP contribution in [0, 0.1) is 0 Å². The van der Waals surface area contributed by atoms with Gasteiger partial charge in [0.05, 0.1) is 5.57 Å². The van der Waals surface area contributed by atoms with E-state index in [1.54, 1.807) is 49.4 Å². The Bertz CT molecular complexity index is 1420. The monoisotopic (exact) mass is 566 g/mol. The number of anilines is 1. The minimum absolute atomic E-state index is 0.128. The Morgan fingerprint density at radius 3 is 2.15 bits per heavy atom. The van der Waals surface area contributed by atoms with Crippen LogP contribution in [0.2, 0.25) is 0 Å². The van der Waals surface area contributed by atoms with E-state index in [9.17, 15) is 23.2 Å². The van der Waals surface area contributed by atoms with Crippen LogP contribution in [0.1, 0.15) is 36.1 Å². The Kier molecular flexibility index (Phi) is 10.3. The van der Waals surface area contributed by atoms with Crippen molar-refractivity contribution in [3.63, 3.8) is 0 Å². The van der Waals surface area contributed by atoms with Gasteiger partial charge in [0.25, 0.3) is 17.5 Å². The van der Waals surface area contributed by atoms with Gasteiger partial charge in [-0.2, -0.15) is 8.78 Å². The lowest BCUT2D eigenvalue weighted by Crippen LogP contribution is -2.26. The van der Waals surface area contributed by atoms with Gasteiger partial charge in [0.15, 0.2) is 6.61 Å². The maximum Gasteiger partial charge on any atom is 0.303 e. The molecule has 2 amide bonds. The molecule has 2 N–H and O–H groups in total. The Hall–Kier alpha value is -4.36. The molecule has 0 bridgehead atoms. The molecule has 40 heavy (non-hydrogen) atoms. The Balaban J connectivity index is 1.87. The first-order valence-corrected chi connectivity index (χ1v) is 12.7. The number of nitrogens with one attached hydrogen (secondary N) is 2. The van der Waals surface area contributed by atoms with E-state index in [0.717, 1.165) is 0 Å². The largest absolute Gasteiger partial charge is 0.456 e. The van der Waals surface area contributed by atoms with E-state index in [-0.39, 0.29) is 34.8 Å². The maximum atomic E-state index is 14.0. The molecule has 0 fully saturated rings. The van der Waals surface area contributed by atoms with Crippen LogP contribution in [-0.4, -0.2) is 24.4 Å². The number of amides is 2. The number of carbonyl (C=O) groups excluding carboxylic acids is 3. The first kappa shape index (κ1) is 30.2. The highest BCUT2D eigenvalue weighted by atomic mass is 31.0. The van der Waals surface area contributed by atoms with Gasteiger partial charge in [-0.3, -0.25) is 14.4 Å². The fourth-order valence-corrected chi connectivity index (χ4v) is 3.92. The molecule has 0 spiro atoms. The van der Waals surface area contributed by atoms with Crippen LogP contribution < -0.4 is 10.6 Å². The van der Waals surface area contributed by atoms with Crippen molar-refractivity contribution < 1.29 is 32.6 Å². The lowest BCUT2D eigenvalue weighted by Gasteiger charge is -2.18. The molecule has 0 saturated carbocycles. The first-order valence-electron chi connectivity index (χ1n) is 12.2. The van der Waals surface area contributed by atoms with E-state index >= 15 is 0 Å². The summed E-state index contributed by atoms with van der Waals surface area (Å²) in [5.41, 5.74) is -1.28. The van der Waals surface area contributed by atoms with Crippen LogP contribution in [0.25, 0.3) is 11.5 Å². The molecule has 0 radical (unpaired) electrons. The second-order valence-electron chi connectivity index (χ2n) is 8.71. The van der Waals surface area contributed by atoms with Crippen molar-refractivity contribution in [2.45, 2.75) is 26.1 Å². The highest BCUT2D eigenvalue weighted by molar-refractivity contribution is 7.17. The van der Waals surface area contributed by atoms with Crippen molar-refractivity contribution in [1.82, 2.24) is 5.32 Å². The molecule has 3 aromatic rings. The number of hydrogen-bond acceptors (Lipinski definition) is 5. The average molecular weight is 567 g/mol. The number of ether oxygens (including phenoxy) is 2. The van der Waals surface area contributed by atoms with E-state index in [1.165, 1.54) is 34.4 Å². The number of esters is 1. The predicted molar refractivity (Wildman–Crippen MR) is 153 cm³/mol. The third kappa shape index (κ3) is 8.58. The molecular weight excluding hydrogens is 537 g/mol. The van der Waals surface area contributed by atoms with Gasteiger partial charge in [-0.1, -0.05) is 70.4 Å². The summed E-state index contributed by atoms with van der Waals surface area (Å²) in [4.78, 5) is 36.1. The highest BCUT2D eigenvalue weighted by Gasteiger charge is 2.27. The van der Waals surface area contributed by atoms with Gasteiger partial charge in [-0.15, -0.1) is 0 Å². The molecule has 0 heterocycles. The minimum Gasteiger partial charge on any atom is -0.456 e. The third-order valence-electron chi connectivity index (χ3n) is 5.66. The topological polar surface area (TPSA) is 93.7 Å². The van der Waals surface area contributed by atoms with Gasteiger partial charge in [-0.25, -0.2) is 0 Å². The number of rotatable bonds is 11. The van der Waals surface area contributed by atoms with Gasteiger partial charge in [0, 0.05) is 35.8 Å². The molecule has 1 unspecified atom stereocenters. The molecular formula is C30H29F2N2O5P. The molecule has 1 atom stereocenters. The second-order valence-corrected chi connectivity index (χ2v) is 9.44. The number of carbonyl (C=O) groups is 3. The average Bonchev–Trinajstić information content (AvgIpc) is 2.93. The zero-order chi connectivity index (χ0) is 29.3. The first-order chi connectivity index (χ1) is 19.0. The smallest absolute Gasteiger partial charge is 0.303 e. The fraction of sp³-hybridized carbons (Fsp3) is 0.167. The van der Waals surface area contributed by atoms with E-state index in [2.05, 4.69) is 21.9 Å². The van der Waals surface area contributed by atoms with Crippen LogP contribution in [0.15, 0.2) is 91.0 Å². The Morgan fingerprint density at radius 1 is 0.900 bits per heavy atom. The number of benzene rings is 3.